The summed E-state index contributed by atoms with van der Waals surface area (Å²) in [6.45, 7) is 0. The third-order valence-corrected chi connectivity index (χ3v) is 3.64. The molecule has 0 heterocycles. The van der Waals surface area contributed by atoms with E-state index in [2.05, 4.69) is 21.2 Å². The summed E-state index contributed by atoms with van der Waals surface area (Å²) < 4.78 is 27.7. The van der Waals surface area contributed by atoms with Crippen LogP contribution in [-0.4, -0.2) is 19.1 Å². The Labute approximate surface area is 107 Å². The van der Waals surface area contributed by atoms with Crippen LogP contribution >= 0.6 is 27.7 Å². The van der Waals surface area contributed by atoms with Crippen molar-refractivity contribution < 1.29 is 8.78 Å². The van der Waals surface area contributed by atoms with Crippen LogP contribution in [0.25, 0.3) is 0 Å². The van der Waals surface area contributed by atoms with Crippen molar-refractivity contribution in [3.63, 3.8) is 0 Å². The van der Waals surface area contributed by atoms with Gasteiger partial charge in [-0.1, -0.05) is 0 Å². The van der Waals surface area contributed by atoms with Gasteiger partial charge in [-0.15, -0.1) is 0 Å². The summed E-state index contributed by atoms with van der Waals surface area (Å²) in [4.78, 5) is 0. The fourth-order valence-electron chi connectivity index (χ4n) is 1.53. The molecular formula is C11H14BrF2NS. The fourth-order valence-corrected chi connectivity index (χ4v) is 2.35. The maximum atomic E-state index is 13.8. The van der Waals surface area contributed by atoms with Crippen molar-refractivity contribution in [3.8, 4) is 0 Å². The Morgan fingerprint density at radius 2 is 2.12 bits per heavy atom. The van der Waals surface area contributed by atoms with Crippen molar-refractivity contribution in [2.75, 3.05) is 19.1 Å². The van der Waals surface area contributed by atoms with E-state index < -0.39 is 11.6 Å². The molecule has 16 heavy (non-hydrogen) atoms. The lowest BCUT2D eigenvalue weighted by Crippen LogP contribution is -2.20. The molecule has 1 rings (SSSR count). The van der Waals surface area contributed by atoms with Gasteiger partial charge in [0.05, 0.1) is 4.47 Å². The zero-order valence-electron chi connectivity index (χ0n) is 9.19. The fraction of sp³-hybridized carbons (Fsp3) is 0.455. The molecule has 0 aliphatic rings. The van der Waals surface area contributed by atoms with Gasteiger partial charge >= 0.3 is 0 Å². The minimum atomic E-state index is -0.513. The first-order valence-corrected chi connectivity index (χ1v) is 7.10. The molecule has 0 fully saturated rings. The Kier molecular flexibility index (Phi) is 5.72. The number of thioether (sulfide) groups is 1. The second kappa shape index (κ2) is 6.57. The van der Waals surface area contributed by atoms with E-state index in [4.69, 9.17) is 0 Å². The van der Waals surface area contributed by atoms with Crippen LogP contribution < -0.4 is 5.32 Å². The van der Waals surface area contributed by atoms with Crippen molar-refractivity contribution in [2.45, 2.75) is 12.5 Å². The third-order valence-electron chi connectivity index (χ3n) is 2.39. The highest BCUT2D eigenvalue weighted by Crippen LogP contribution is 2.28. The number of hydrogen-bond donors (Lipinski definition) is 1. The van der Waals surface area contributed by atoms with Gasteiger partial charge in [0.15, 0.2) is 0 Å². The maximum absolute atomic E-state index is 13.8. The van der Waals surface area contributed by atoms with Gasteiger partial charge in [-0.05, 0) is 53.5 Å². The zero-order valence-corrected chi connectivity index (χ0v) is 11.6. The van der Waals surface area contributed by atoms with E-state index in [0.717, 1.165) is 5.75 Å². The lowest BCUT2D eigenvalue weighted by molar-refractivity contribution is 0.482. The van der Waals surface area contributed by atoms with Crippen LogP contribution in [0.4, 0.5) is 8.78 Å². The molecule has 1 aromatic rings. The van der Waals surface area contributed by atoms with Gasteiger partial charge in [-0.3, -0.25) is 0 Å². The first kappa shape index (κ1) is 13.9. The van der Waals surface area contributed by atoms with Gasteiger partial charge < -0.3 is 5.32 Å². The van der Waals surface area contributed by atoms with Crippen LogP contribution in [0.3, 0.4) is 0 Å². The van der Waals surface area contributed by atoms with Gasteiger partial charge in [0.1, 0.15) is 11.6 Å². The second-order valence-electron chi connectivity index (χ2n) is 3.38. The van der Waals surface area contributed by atoms with Crippen molar-refractivity contribution in [2.24, 2.45) is 0 Å². The highest BCUT2D eigenvalue weighted by Gasteiger charge is 2.20. The van der Waals surface area contributed by atoms with Crippen molar-refractivity contribution in [3.05, 3.63) is 33.8 Å². The zero-order chi connectivity index (χ0) is 12.1. The van der Waals surface area contributed by atoms with E-state index in [1.165, 1.54) is 12.1 Å². The van der Waals surface area contributed by atoms with Crippen LogP contribution in [0, 0.1) is 11.6 Å². The summed E-state index contributed by atoms with van der Waals surface area (Å²) in [6, 6.07) is 2.38. The SMILES string of the molecule is CNC(CCSC)c1c(F)ccc(Br)c1F. The molecule has 0 aliphatic carbocycles. The van der Waals surface area contributed by atoms with Gasteiger partial charge in [0, 0.05) is 11.6 Å². The Morgan fingerprint density at radius 3 is 2.69 bits per heavy atom. The monoisotopic (exact) mass is 309 g/mol. The van der Waals surface area contributed by atoms with E-state index in [1.54, 1.807) is 18.8 Å². The predicted molar refractivity (Wildman–Crippen MR) is 68.9 cm³/mol. The third kappa shape index (κ3) is 3.18. The number of hydrogen-bond acceptors (Lipinski definition) is 2. The predicted octanol–water partition coefficient (Wildman–Crippen LogP) is 3.74. The van der Waals surface area contributed by atoms with E-state index in [9.17, 15) is 8.78 Å². The lowest BCUT2D eigenvalue weighted by Gasteiger charge is -2.18. The number of halogens is 3. The van der Waals surface area contributed by atoms with Gasteiger partial charge in [-0.25, -0.2) is 8.78 Å². The van der Waals surface area contributed by atoms with Crippen LogP contribution in [0.5, 0.6) is 0 Å². The van der Waals surface area contributed by atoms with Gasteiger partial charge in [0.2, 0.25) is 0 Å². The molecule has 0 saturated heterocycles. The minimum Gasteiger partial charge on any atom is -0.313 e. The molecule has 0 saturated carbocycles. The summed E-state index contributed by atoms with van der Waals surface area (Å²) in [5.74, 6) is -0.154. The maximum Gasteiger partial charge on any atom is 0.145 e. The number of benzene rings is 1. The summed E-state index contributed by atoms with van der Waals surface area (Å²) in [5.41, 5.74) is 0.117. The first-order chi connectivity index (χ1) is 7.61. The summed E-state index contributed by atoms with van der Waals surface area (Å²) >= 11 is 4.73. The van der Waals surface area contributed by atoms with Gasteiger partial charge in [0.25, 0.3) is 0 Å². The quantitative estimate of drug-likeness (QED) is 0.832. The molecule has 0 amide bonds. The molecule has 1 aromatic carbocycles. The standard InChI is InChI=1S/C11H14BrF2NS/c1-15-9(5-6-16-2)10-8(13)4-3-7(12)11(10)14/h3-4,9,15H,5-6H2,1-2H3. The molecule has 0 aliphatic heterocycles. The van der Waals surface area contributed by atoms with Gasteiger partial charge in [-0.2, -0.15) is 11.8 Å². The van der Waals surface area contributed by atoms with E-state index >= 15 is 0 Å². The van der Waals surface area contributed by atoms with E-state index in [-0.39, 0.29) is 11.6 Å². The van der Waals surface area contributed by atoms with E-state index in [0.29, 0.717) is 10.9 Å². The minimum absolute atomic E-state index is 0.117. The number of rotatable bonds is 5. The van der Waals surface area contributed by atoms with Crippen molar-refractivity contribution >= 4 is 27.7 Å². The molecule has 5 heteroatoms. The molecule has 1 nitrogen and oxygen atoms in total. The Hall–Kier alpha value is -0.130. The molecule has 0 aromatic heterocycles. The topological polar surface area (TPSA) is 12.0 Å². The average Bonchev–Trinajstić information content (AvgIpc) is 2.28. The molecule has 0 radical (unpaired) electrons. The lowest BCUT2D eigenvalue weighted by atomic mass is 10.0. The van der Waals surface area contributed by atoms with Crippen molar-refractivity contribution in [1.29, 1.82) is 0 Å². The van der Waals surface area contributed by atoms with Crippen LogP contribution in [0.2, 0.25) is 0 Å². The Bertz CT molecular complexity index is 360. The summed E-state index contributed by atoms with van der Waals surface area (Å²) in [7, 11) is 1.71. The highest BCUT2D eigenvalue weighted by atomic mass is 79.9. The summed E-state index contributed by atoms with van der Waals surface area (Å²) in [6.07, 6.45) is 2.67. The van der Waals surface area contributed by atoms with Crippen LogP contribution in [0.15, 0.2) is 16.6 Å². The highest BCUT2D eigenvalue weighted by molar-refractivity contribution is 9.10. The average molecular weight is 310 g/mol. The van der Waals surface area contributed by atoms with E-state index in [1.807, 2.05) is 6.26 Å². The smallest absolute Gasteiger partial charge is 0.145 e. The molecule has 1 unspecified atom stereocenters. The summed E-state index contributed by atoms with van der Waals surface area (Å²) in [5, 5.41) is 2.95. The Morgan fingerprint density at radius 1 is 1.44 bits per heavy atom. The largest absolute Gasteiger partial charge is 0.313 e. The molecule has 1 N–H and O–H groups in total. The molecule has 90 valence electrons. The molecule has 0 bridgehead atoms. The van der Waals surface area contributed by atoms with Crippen LogP contribution in [-0.2, 0) is 0 Å². The molecule has 0 spiro atoms. The van der Waals surface area contributed by atoms with Crippen molar-refractivity contribution in [1.82, 2.24) is 5.32 Å². The first-order valence-electron chi connectivity index (χ1n) is 4.91. The number of nitrogens with one attached hydrogen (secondary N) is 1. The molecular weight excluding hydrogens is 296 g/mol. The normalized spacial score (nSPS) is 12.8. The molecule has 1 atom stereocenters. The van der Waals surface area contributed by atoms with Crippen LogP contribution in [0.1, 0.15) is 18.0 Å². The second-order valence-corrected chi connectivity index (χ2v) is 5.22. The Balaban J connectivity index is 3.03.